The molecule has 23 heavy (non-hydrogen) atoms. The van der Waals surface area contributed by atoms with E-state index in [9.17, 15) is 4.79 Å². The Morgan fingerprint density at radius 2 is 2.22 bits per heavy atom. The van der Waals surface area contributed by atoms with Crippen molar-refractivity contribution in [3.63, 3.8) is 0 Å². The Bertz CT molecular complexity index is 547. The Morgan fingerprint density at radius 1 is 1.39 bits per heavy atom. The quantitative estimate of drug-likeness (QED) is 0.861. The number of likely N-dealkylation sites (N-methyl/N-ethyl adjacent to an activating group) is 1. The molecule has 1 aliphatic heterocycles. The number of nitrogens with one attached hydrogen (secondary N) is 1. The van der Waals surface area contributed by atoms with E-state index >= 15 is 0 Å². The minimum Gasteiger partial charge on any atom is -0.332 e. The summed E-state index contributed by atoms with van der Waals surface area (Å²) in [5, 5.41) is 3.13. The van der Waals surface area contributed by atoms with Gasteiger partial charge in [-0.15, -0.1) is 0 Å². The van der Waals surface area contributed by atoms with Crippen LogP contribution in [0.15, 0.2) is 30.6 Å². The molecule has 1 aromatic rings. The van der Waals surface area contributed by atoms with Gasteiger partial charge in [-0.1, -0.05) is 12.2 Å². The smallest absolute Gasteiger partial charge is 0.317 e. The standard InChI is InChI=1S/C17H25N5O/c1-21(13-16-18-9-5-10-19-16)15-8-11-22(12-15)17(23)20-14-6-3-2-4-7-14/h3,5-6,9-10,14-15H,2,4,7-8,11-13H2,1H3,(H,20,23). The van der Waals surface area contributed by atoms with Gasteiger partial charge >= 0.3 is 6.03 Å². The molecule has 0 radical (unpaired) electrons. The fourth-order valence-corrected chi connectivity index (χ4v) is 3.23. The number of aromatic nitrogens is 2. The van der Waals surface area contributed by atoms with Crippen LogP contribution in [-0.4, -0.2) is 58.0 Å². The second-order valence-electron chi connectivity index (χ2n) is 6.38. The van der Waals surface area contributed by atoms with Crippen LogP contribution in [0.25, 0.3) is 0 Å². The third-order valence-corrected chi connectivity index (χ3v) is 4.65. The lowest BCUT2D eigenvalue weighted by Crippen LogP contribution is -2.45. The predicted octanol–water partition coefficient (Wildman–Crippen LogP) is 1.80. The van der Waals surface area contributed by atoms with Gasteiger partial charge in [0.2, 0.25) is 0 Å². The van der Waals surface area contributed by atoms with E-state index in [1.165, 1.54) is 0 Å². The lowest BCUT2D eigenvalue weighted by atomic mass is 10.0. The molecule has 6 nitrogen and oxygen atoms in total. The zero-order valence-electron chi connectivity index (χ0n) is 13.7. The minimum absolute atomic E-state index is 0.0633. The molecule has 0 bridgehead atoms. The molecule has 3 rings (SSSR count). The van der Waals surface area contributed by atoms with Crippen molar-refractivity contribution < 1.29 is 4.79 Å². The molecule has 0 aromatic carbocycles. The number of urea groups is 1. The van der Waals surface area contributed by atoms with Gasteiger partial charge in [-0.2, -0.15) is 0 Å². The number of allylic oxidation sites excluding steroid dienone is 1. The third kappa shape index (κ3) is 4.28. The summed E-state index contributed by atoms with van der Waals surface area (Å²) in [4.78, 5) is 25.1. The minimum atomic E-state index is 0.0633. The van der Waals surface area contributed by atoms with Crippen LogP contribution in [0.2, 0.25) is 0 Å². The Hall–Kier alpha value is -1.95. The molecule has 1 aromatic heterocycles. The van der Waals surface area contributed by atoms with Crippen molar-refractivity contribution in [2.75, 3.05) is 20.1 Å². The van der Waals surface area contributed by atoms with Crippen LogP contribution in [0.1, 0.15) is 31.5 Å². The molecule has 1 N–H and O–H groups in total. The number of hydrogen-bond acceptors (Lipinski definition) is 4. The highest BCUT2D eigenvalue weighted by Crippen LogP contribution is 2.17. The first kappa shape index (κ1) is 15.9. The van der Waals surface area contributed by atoms with Gasteiger partial charge < -0.3 is 10.2 Å². The highest BCUT2D eigenvalue weighted by molar-refractivity contribution is 5.75. The van der Waals surface area contributed by atoms with Crippen molar-refractivity contribution in [3.05, 3.63) is 36.4 Å². The second-order valence-corrected chi connectivity index (χ2v) is 6.38. The van der Waals surface area contributed by atoms with E-state index in [4.69, 9.17) is 0 Å². The van der Waals surface area contributed by atoms with Crippen molar-refractivity contribution in [1.82, 2.24) is 25.1 Å². The molecule has 2 amide bonds. The lowest BCUT2D eigenvalue weighted by molar-refractivity contribution is 0.193. The van der Waals surface area contributed by atoms with E-state index in [1.54, 1.807) is 12.4 Å². The predicted molar refractivity (Wildman–Crippen MR) is 88.8 cm³/mol. The van der Waals surface area contributed by atoms with Gasteiger partial charge in [0, 0.05) is 37.6 Å². The molecule has 0 spiro atoms. The average Bonchev–Trinajstić information content (AvgIpc) is 3.07. The normalized spacial score (nSPS) is 24.2. The van der Waals surface area contributed by atoms with Crippen molar-refractivity contribution in [2.24, 2.45) is 0 Å². The van der Waals surface area contributed by atoms with E-state index in [0.717, 1.165) is 44.6 Å². The number of nitrogens with zero attached hydrogens (tertiary/aromatic N) is 4. The van der Waals surface area contributed by atoms with Crippen LogP contribution >= 0.6 is 0 Å². The van der Waals surface area contributed by atoms with Crippen LogP contribution in [0.4, 0.5) is 4.79 Å². The number of rotatable bonds is 4. The summed E-state index contributed by atoms with van der Waals surface area (Å²) in [5.74, 6) is 0.824. The number of hydrogen-bond donors (Lipinski definition) is 1. The van der Waals surface area contributed by atoms with E-state index < -0.39 is 0 Å². The molecule has 2 atom stereocenters. The van der Waals surface area contributed by atoms with Crippen molar-refractivity contribution in [2.45, 2.75) is 44.3 Å². The molecular weight excluding hydrogens is 290 g/mol. The summed E-state index contributed by atoms with van der Waals surface area (Å²) in [6.07, 6.45) is 12.1. The fourth-order valence-electron chi connectivity index (χ4n) is 3.23. The number of carbonyl (C=O) groups excluding carboxylic acids is 1. The zero-order chi connectivity index (χ0) is 16.1. The zero-order valence-corrected chi connectivity index (χ0v) is 13.7. The first-order valence-corrected chi connectivity index (χ1v) is 8.40. The number of amides is 2. The van der Waals surface area contributed by atoms with Crippen LogP contribution < -0.4 is 5.32 Å². The summed E-state index contributed by atoms with van der Waals surface area (Å²) in [6.45, 7) is 2.30. The first-order chi connectivity index (χ1) is 11.2. The molecule has 2 unspecified atom stereocenters. The van der Waals surface area contributed by atoms with Gasteiger partial charge in [0.25, 0.3) is 0 Å². The highest BCUT2D eigenvalue weighted by atomic mass is 16.2. The Morgan fingerprint density at radius 3 is 2.96 bits per heavy atom. The van der Waals surface area contributed by atoms with E-state index in [-0.39, 0.29) is 12.1 Å². The van der Waals surface area contributed by atoms with E-state index in [0.29, 0.717) is 12.6 Å². The molecular formula is C17H25N5O. The maximum atomic E-state index is 12.4. The largest absolute Gasteiger partial charge is 0.332 e. The SMILES string of the molecule is CN(Cc1ncccn1)C1CCN(C(=O)NC2C=CCCC2)C1. The summed E-state index contributed by atoms with van der Waals surface area (Å²) in [5.41, 5.74) is 0. The lowest BCUT2D eigenvalue weighted by Gasteiger charge is -2.25. The maximum absolute atomic E-state index is 12.4. The molecule has 124 valence electrons. The van der Waals surface area contributed by atoms with Crippen LogP contribution in [0, 0.1) is 0 Å². The monoisotopic (exact) mass is 315 g/mol. The summed E-state index contributed by atoms with van der Waals surface area (Å²) in [7, 11) is 2.08. The van der Waals surface area contributed by atoms with Crippen molar-refractivity contribution >= 4 is 6.03 Å². The van der Waals surface area contributed by atoms with Gasteiger partial charge in [0.1, 0.15) is 5.82 Å². The van der Waals surface area contributed by atoms with Gasteiger partial charge in [-0.05, 0) is 38.8 Å². The topological polar surface area (TPSA) is 61.4 Å². The van der Waals surface area contributed by atoms with Gasteiger partial charge in [-0.3, -0.25) is 4.90 Å². The molecule has 1 fully saturated rings. The molecule has 2 heterocycles. The Kier molecular flexibility index (Phi) is 5.23. The average molecular weight is 315 g/mol. The molecule has 2 aliphatic rings. The Balaban J connectivity index is 1.48. The number of likely N-dealkylation sites (tertiary alicyclic amines) is 1. The third-order valence-electron chi connectivity index (χ3n) is 4.65. The second kappa shape index (κ2) is 7.55. The van der Waals surface area contributed by atoms with Crippen LogP contribution in [-0.2, 0) is 6.54 Å². The molecule has 0 saturated carbocycles. The van der Waals surface area contributed by atoms with Gasteiger partial charge in [0.15, 0.2) is 0 Å². The fraction of sp³-hybridized carbons (Fsp3) is 0.588. The summed E-state index contributed by atoms with van der Waals surface area (Å²) >= 11 is 0. The van der Waals surface area contributed by atoms with E-state index in [1.807, 2.05) is 11.0 Å². The van der Waals surface area contributed by atoms with Crippen LogP contribution in [0.3, 0.4) is 0 Å². The highest BCUT2D eigenvalue weighted by Gasteiger charge is 2.29. The van der Waals surface area contributed by atoms with Gasteiger partial charge in [0.05, 0.1) is 6.54 Å². The Labute approximate surface area is 137 Å². The molecule has 1 aliphatic carbocycles. The molecule has 1 saturated heterocycles. The van der Waals surface area contributed by atoms with Crippen molar-refractivity contribution in [3.8, 4) is 0 Å². The maximum Gasteiger partial charge on any atom is 0.317 e. The van der Waals surface area contributed by atoms with Crippen LogP contribution in [0.5, 0.6) is 0 Å². The molecule has 6 heteroatoms. The first-order valence-electron chi connectivity index (χ1n) is 8.40. The van der Waals surface area contributed by atoms with E-state index in [2.05, 4.69) is 39.4 Å². The van der Waals surface area contributed by atoms with Crippen molar-refractivity contribution in [1.29, 1.82) is 0 Å². The summed E-state index contributed by atoms with van der Waals surface area (Å²) in [6, 6.07) is 2.45. The number of carbonyl (C=O) groups is 1. The van der Waals surface area contributed by atoms with Gasteiger partial charge in [-0.25, -0.2) is 14.8 Å². The summed E-state index contributed by atoms with van der Waals surface area (Å²) < 4.78 is 0.